The summed E-state index contributed by atoms with van der Waals surface area (Å²) in [4.78, 5) is 15.6. The van der Waals surface area contributed by atoms with Gasteiger partial charge in [-0.05, 0) is 25.1 Å². The Morgan fingerprint density at radius 1 is 1.47 bits per heavy atom. The van der Waals surface area contributed by atoms with Crippen molar-refractivity contribution in [1.82, 2.24) is 10.3 Å². The van der Waals surface area contributed by atoms with Gasteiger partial charge in [-0.15, -0.1) is 0 Å². The Balaban J connectivity index is 2.01. The summed E-state index contributed by atoms with van der Waals surface area (Å²) in [6.45, 7) is 2.20. The number of anilines is 1. The Morgan fingerprint density at radius 2 is 2.29 bits per heavy atom. The molecule has 5 nitrogen and oxygen atoms in total. The van der Waals surface area contributed by atoms with Crippen LogP contribution in [0.2, 0.25) is 0 Å². The first kappa shape index (κ1) is 11.2. The van der Waals surface area contributed by atoms with Gasteiger partial charge >= 0.3 is 0 Å². The van der Waals surface area contributed by atoms with Gasteiger partial charge in [0, 0.05) is 6.20 Å². The van der Waals surface area contributed by atoms with E-state index in [4.69, 9.17) is 10.2 Å². The first-order chi connectivity index (χ1) is 8.16. The molecule has 2 aromatic rings. The summed E-state index contributed by atoms with van der Waals surface area (Å²) in [5, 5.41) is 2.73. The molecule has 0 aliphatic carbocycles. The van der Waals surface area contributed by atoms with Crippen LogP contribution < -0.4 is 11.1 Å². The van der Waals surface area contributed by atoms with Crippen LogP contribution in [0.3, 0.4) is 0 Å². The highest BCUT2D eigenvalue weighted by Crippen LogP contribution is 2.09. The monoisotopic (exact) mass is 231 g/mol. The lowest BCUT2D eigenvalue weighted by atomic mass is 10.2. The number of amides is 1. The normalized spacial score (nSPS) is 10.2. The fourth-order valence-corrected chi connectivity index (χ4v) is 1.46. The Hall–Kier alpha value is -2.30. The summed E-state index contributed by atoms with van der Waals surface area (Å²) >= 11 is 0. The third-order valence-electron chi connectivity index (χ3n) is 2.32. The molecule has 88 valence electrons. The maximum atomic E-state index is 11.8. The van der Waals surface area contributed by atoms with E-state index in [2.05, 4.69) is 10.3 Å². The third-order valence-corrected chi connectivity index (χ3v) is 2.32. The van der Waals surface area contributed by atoms with E-state index in [-0.39, 0.29) is 5.91 Å². The second-order valence-corrected chi connectivity index (χ2v) is 3.66. The molecule has 0 saturated carbocycles. The molecule has 2 heterocycles. The van der Waals surface area contributed by atoms with E-state index in [1.54, 1.807) is 6.07 Å². The smallest absolute Gasteiger partial charge is 0.253 e. The van der Waals surface area contributed by atoms with Crippen molar-refractivity contribution in [1.29, 1.82) is 0 Å². The van der Waals surface area contributed by atoms with E-state index < -0.39 is 0 Å². The van der Waals surface area contributed by atoms with Crippen LogP contribution in [-0.4, -0.2) is 10.9 Å². The van der Waals surface area contributed by atoms with Crippen molar-refractivity contribution in [2.45, 2.75) is 13.5 Å². The van der Waals surface area contributed by atoms with Crippen LogP contribution in [0.15, 0.2) is 35.0 Å². The fraction of sp³-hybridized carbons (Fsp3) is 0.167. The van der Waals surface area contributed by atoms with E-state index in [9.17, 15) is 4.79 Å². The molecule has 5 heteroatoms. The van der Waals surface area contributed by atoms with E-state index in [0.29, 0.717) is 23.6 Å². The molecule has 1 amide bonds. The number of furan rings is 1. The number of hydrogen-bond donors (Lipinski definition) is 2. The third kappa shape index (κ3) is 2.63. The quantitative estimate of drug-likeness (QED) is 0.838. The van der Waals surface area contributed by atoms with Gasteiger partial charge in [0.05, 0.1) is 24.0 Å². The van der Waals surface area contributed by atoms with E-state index in [0.717, 1.165) is 5.76 Å². The number of nitrogens with zero attached hydrogens (tertiary/aromatic N) is 1. The molecule has 0 bridgehead atoms. The number of rotatable bonds is 3. The van der Waals surface area contributed by atoms with Crippen LogP contribution in [0.25, 0.3) is 0 Å². The van der Waals surface area contributed by atoms with Gasteiger partial charge in [-0.3, -0.25) is 9.78 Å². The molecule has 0 atom stereocenters. The number of aryl methyl sites for hydroxylation is 1. The van der Waals surface area contributed by atoms with Crippen LogP contribution in [-0.2, 0) is 6.54 Å². The van der Waals surface area contributed by atoms with E-state index in [1.807, 2.05) is 19.1 Å². The van der Waals surface area contributed by atoms with Crippen molar-refractivity contribution < 1.29 is 9.21 Å². The lowest BCUT2D eigenvalue weighted by molar-refractivity contribution is 0.0948. The van der Waals surface area contributed by atoms with E-state index in [1.165, 1.54) is 12.4 Å². The van der Waals surface area contributed by atoms with Crippen LogP contribution in [0.5, 0.6) is 0 Å². The zero-order valence-corrected chi connectivity index (χ0v) is 9.43. The number of pyridine rings is 1. The minimum absolute atomic E-state index is 0.237. The minimum Gasteiger partial charge on any atom is -0.465 e. The van der Waals surface area contributed by atoms with Crippen LogP contribution >= 0.6 is 0 Å². The van der Waals surface area contributed by atoms with Gasteiger partial charge in [0.1, 0.15) is 11.5 Å². The molecule has 2 aromatic heterocycles. The molecule has 0 aliphatic rings. The molecule has 0 aromatic carbocycles. The molecule has 0 radical (unpaired) electrons. The Kier molecular flexibility index (Phi) is 3.09. The van der Waals surface area contributed by atoms with Crippen molar-refractivity contribution >= 4 is 11.6 Å². The predicted octanol–water partition coefficient (Wildman–Crippen LogP) is 1.50. The Labute approximate surface area is 98.6 Å². The standard InChI is InChI=1S/C12H13N3O2/c1-8-2-3-9(17-8)6-15-12(16)10-4-5-14-7-11(10)13/h2-5,7H,6,13H2,1H3,(H,15,16). The first-order valence-electron chi connectivity index (χ1n) is 5.20. The van der Waals surface area contributed by atoms with Crippen molar-refractivity contribution in [3.63, 3.8) is 0 Å². The molecule has 3 N–H and O–H groups in total. The topological polar surface area (TPSA) is 81.2 Å². The van der Waals surface area contributed by atoms with Gasteiger partial charge in [0.2, 0.25) is 0 Å². The summed E-state index contributed by atoms with van der Waals surface area (Å²) < 4.78 is 5.34. The maximum absolute atomic E-state index is 11.8. The summed E-state index contributed by atoms with van der Waals surface area (Å²) in [6.07, 6.45) is 2.98. The van der Waals surface area contributed by atoms with Crippen LogP contribution in [0, 0.1) is 6.92 Å². The molecule has 17 heavy (non-hydrogen) atoms. The van der Waals surface area contributed by atoms with Crippen molar-refractivity contribution in [3.05, 3.63) is 47.7 Å². The highest BCUT2D eigenvalue weighted by molar-refractivity contribution is 5.98. The number of carbonyl (C=O) groups is 1. The second-order valence-electron chi connectivity index (χ2n) is 3.66. The van der Waals surface area contributed by atoms with Gasteiger partial charge in [0.25, 0.3) is 5.91 Å². The SMILES string of the molecule is Cc1ccc(CNC(=O)c2ccncc2N)o1. The highest BCUT2D eigenvalue weighted by Gasteiger charge is 2.09. The fourth-order valence-electron chi connectivity index (χ4n) is 1.46. The summed E-state index contributed by atoms with van der Waals surface area (Å²) in [7, 11) is 0. The number of aromatic nitrogens is 1. The van der Waals surface area contributed by atoms with Gasteiger partial charge < -0.3 is 15.5 Å². The van der Waals surface area contributed by atoms with E-state index >= 15 is 0 Å². The second kappa shape index (κ2) is 4.69. The average Bonchev–Trinajstić information content (AvgIpc) is 2.73. The molecule has 2 rings (SSSR count). The summed E-state index contributed by atoms with van der Waals surface area (Å²) in [6, 6.07) is 5.26. The van der Waals surface area contributed by atoms with Crippen molar-refractivity contribution in [2.24, 2.45) is 0 Å². The van der Waals surface area contributed by atoms with Crippen LogP contribution in [0.1, 0.15) is 21.9 Å². The molecule has 0 fully saturated rings. The van der Waals surface area contributed by atoms with Crippen molar-refractivity contribution in [2.75, 3.05) is 5.73 Å². The predicted molar refractivity (Wildman–Crippen MR) is 63.3 cm³/mol. The highest BCUT2D eigenvalue weighted by atomic mass is 16.3. The number of hydrogen-bond acceptors (Lipinski definition) is 4. The number of nitrogens with one attached hydrogen (secondary N) is 1. The van der Waals surface area contributed by atoms with Gasteiger partial charge in [0.15, 0.2) is 0 Å². The largest absolute Gasteiger partial charge is 0.465 e. The molecular formula is C12H13N3O2. The van der Waals surface area contributed by atoms with Gasteiger partial charge in [-0.25, -0.2) is 0 Å². The lowest BCUT2D eigenvalue weighted by Gasteiger charge is -2.05. The zero-order chi connectivity index (χ0) is 12.3. The molecule has 0 unspecified atom stereocenters. The lowest BCUT2D eigenvalue weighted by Crippen LogP contribution is -2.23. The Morgan fingerprint density at radius 3 is 2.94 bits per heavy atom. The number of nitrogen functional groups attached to an aromatic ring is 1. The van der Waals surface area contributed by atoms with Crippen molar-refractivity contribution in [3.8, 4) is 0 Å². The molecule has 0 aliphatic heterocycles. The van der Waals surface area contributed by atoms with Gasteiger partial charge in [-0.1, -0.05) is 0 Å². The average molecular weight is 231 g/mol. The molecular weight excluding hydrogens is 218 g/mol. The number of nitrogens with two attached hydrogens (primary N) is 1. The minimum atomic E-state index is -0.237. The molecule has 0 saturated heterocycles. The molecule has 0 spiro atoms. The van der Waals surface area contributed by atoms with Gasteiger partial charge in [-0.2, -0.15) is 0 Å². The zero-order valence-electron chi connectivity index (χ0n) is 9.43. The summed E-state index contributed by atoms with van der Waals surface area (Å²) in [5.74, 6) is 1.29. The summed E-state index contributed by atoms with van der Waals surface area (Å²) in [5.41, 5.74) is 6.43. The van der Waals surface area contributed by atoms with Crippen LogP contribution in [0.4, 0.5) is 5.69 Å². The first-order valence-corrected chi connectivity index (χ1v) is 5.20. The number of carbonyl (C=O) groups excluding carboxylic acids is 1. The maximum Gasteiger partial charge on any atom is 0.253 e. The Bertz CT molecular complexity index is 534.